The van der Waals surface area contributed by atoms with Crippen LogP contribution in [0.1, 0.15) is 76.2 Å². The zero-order valence-electron chi connectivity index (χ0n) is 20.2. The zero-order chi connectivity index (χ0) is 23.3. The Labute approximate surface area is 208 Å². The number of nitrogens with zero attached hydrogens (tertiary/aromatic N) is 1. The molecule has 0 aliphatic heterocycles. The van der Waals surface area contributed by atoms with Crippen molar-refractivity contribution in [2.45, 2.75) is 89.6 Å². The first-order valence-electron chi connectivity index (χ1n) is 13.3. The third kappa shape index (κ3) is 5.51. The van der Waals surface area contributed by atoms with Crippen molar-refractivity contribution in [1.82, 2.24) is 9.88 Å². The monoisotopic (exact) mass is 476 g/mol. The van der Waals surface area contributed by atoms with Crippen LogP contribution < -0.4 is 5.32 Å². The molecule has 0 saturated heterocycles. The molecular weight excluding hydrogens is 440 g/mol. The van der Waals surface area contributed by atoms with Gasteiger partial charge in [0.2, 0.25) is 5.91 Å². The number of benzene rings is 2. The molecular formula is C30H37ClN2O. The Morgan fingerprint density at radius 3 is 2.44 bits per heavy atom. The molecule has 2 aliphatic carbocycles. The molecule has 1 amide bonds. The number of carbonyl (C=O) groups excluding carboxylic acids is 1. The molecule has 0 spiro atoms. The van der Waals surface area contributed by atoms with E-state index in [-0.39, 0.29) is 5.91 Å². The van der Waals surface area contributed by atoms with Gasteiger partial charge in [-0.25, -0.2) is 0 Å². The van der Waals surface area contributed by atoms with Crippen molar-refractivity contribution < 1.29 is 4.79 Å². The molecule has 1 aromatic heterocycles. The molecule has 34 heavy (non-hydrogen) atoms. The summed E-state index contributed by atoms with van der Waals surface area (Å²) < 4.78 is 2.45. The Balaban J connectivity index is 1.40. The summed E-state index contributed by atoms with van der Waals surface area (Å²) >= 11 is 6.52. The zero-order valence-corrected chi connectivity index (χ0v) is 21.0. The summed E-state index contributed by atoms with van der Waals surface area (Å²) in [6.45, 7) is 1.08. The van der Waals surface area contributed by atoms with E-state index in [2.05, 4.69) is 40.3 Å². The van der Waals surface area contributed by atoms with Gasteiger partial charge in [-0.1, -0.05) is 74.4 Å². The molecule has 2 aliphatic rings. The van der Waals surface area contributed by atoms with Crippen molar-refractivity contribution in [2.75, 3.05) is 0 Å². The average Bonchev–Trinajstić information content (AvgIpc) is 3.21. The van der Waals surface area contributed by atoms with Gasteiger partial charge in [-0.2, -0.15) is 0 Å². The number of fused-ring (bicyclic) bond motifs is 1. The van der Waals surface area contributed by atoms with Crippen molar-refractivity contribution in [3.05, 3.63) is 59.2 Å². The number of aryl methyl sites for hydroxylation is 1. The first kappa shape index (κ1) is 23.5. The van der Waals surface area contributed by atoms with Crippen molar-refractivity contribution in [3.63, 3.8) is 0 Å². The van der Waals surface area contributed by atoms with E-state index < -0.39 is 0 Å². The maximum absolute atomic E-state index is 12.7. The molecule has 0 bridgehead atoms. The lowest BCUT2D eigenvalue weighted by atomic mass is 9.89. The molecule has 1 heterocycles. The molecule has 3 aromatic rings. The van der Waals surface area contributed by atoms with Crippen LogP contribution in [-0.2, 0) is 17.8 Å². The Kier molecular flexibility index (Phi) is 7.59. The fourth-order valence-electron chi connectivity index (χ4n) is 6.03. The Morgan fingerprint density at radius 1 is 0.941 bits per heavy atom. The van der Waals surface area contributed by atoms with E-state index in [0.717, 1.165) is 47.9 Å². The number of hydrogen-bond acceptors (Lipinski definition) is 1. The summed E-state index contributed by atoms with van der Waals surface area (Å²) in [5.41, 5.74) is 4.76. The molecule has 0 unspecified atom stereocenters. The second kappa shape index (κ2) is 11.0. The molecule has 0 radical (unpaired) electrons. The molecule has 5 rings (SSSR count). The van der Waals surface area contributed by atoms with Gasteiger partial charge in [0.1, 0.15) is 0 Å². The third-order valence-electron chi connectivity index (χ3n) is 7.92. The van der Waals surface area contributed by atoms with Crippen LogP contribution in [0.2, 0.25) is 5.02 Å². The van der Waals surface area contributed by atoms with Crippen LogP contribution in [0.5, 0.6) is 0 Å². The van der Waals surface area contributed by atoms with Gasteiger partial charge in [0.05, 0.1) is 0 Å². The van der Waals surface area contributed by atoms with Crippen molar-refractivity contribution in [3.8, 4) is 11.1 Å². The summed E-state index contributed by atoms with van der Waals surface area (Å²) in [6.07, 6.45) is 16.5. The van der Waals surface area contributed by atoms with Gasteiger partial charge in [-0.3, -0.25) is 4.79 Å². The minimum Gasteiger partial charge on any atom is -0.353 e. The lowest BCUT2D eigenvalue weighted by Crippen LogP contribution is -2.36. The number of rotatable bonds is 7. The molecule has 4 heteroatoms. The largest absolute Gasteiger partial charge is 0.353 e. The number of halogens is 1. The van der Waals surface area contributed by atoms with Crippen LogP contribution in [0.25, 0.3) is 22.0 Å². The summed E-state index contributed by atoms with van der Waals surface area (Å²) in [5.74, 6) is 0.956. The lowest BCUT2D eigenvalue weighted by Gasteiger charge is -2.22. The smallest absolute Gasteiger partial charge is 0.220 e. The highest BCUT2D eigenvalue weighted by atomic mass is 35.5. The SMILES string of the molecule is O=C(CCc1cn(CC2CCCCC2)c2ccc(-c3ccccc3Cl)cc12)NC1CCCCC1. The number of carbonyl (C=O) groups is 1. The van der Waals surface area contributed by atoms with Gasteiger partial charge >= 0.3 is 0 Å². The minimum atomic E-state index is 0.197. The van der Waals surface area contributed by atoms with Crippen molar-refractivity contribution in [1.29, 1.82) is 0 Å². The van der Waals surface area contributed by atoms with Crippen LogP contribution in [-0.4, -0.2) is 16.5 Å². The van der Waals surface area contributed by atoms with Gasteiger partial charge in [-0.05, 0) is 67.3 Å². The number of aromatic nitrogens is 1. The van der Waals surface area contributed by atoms with Crippen LogP contribution >= 0.6 is 11.6 Å². The van der Waals surface area contributed by atoms with Gasteiger partial charge in [0.25, 0.3) is 0 Å². The predicted octanol–water partition coefficient (Wildman–Crippen LogP) is 7.92. The van der Waals surface area contributed by atoms with E-state index in [1.54, 1.807) is 0 Å². The summed E-state index contributed by atoms with van der Waals surface area (Å²) in [7, 11) is 0. The molecule has 1 N–H and O–H groups in total. The second-order valence-electron chi connectivity index (χ2n) is 10.4. The summed E-state index contributed by atoms with van der Waals surface area (Å²) in [5, 5.41) is 5.33. The predicted molar refractivity (Wildman–Crippen MR) is 142 cm³/mol. The minimum absolute atomic E-state index is 0.197. The first-order chi connectivity index (χ1) is 16.7. The van der Waals surface area contributed by atoms with Crippen molar-refractivity contribution >= 4 is 28.4 Å². The Morgan fingerprint density at radius 2 is 1.68 bits per heavy atom. The van der Waals surface area contributed by atoms with Crippen LogP contribution in [0, 0.1) is 5.92 Å². The Hall–Kier alpha value is -2.26. The highest BCUT2D eigenvalue weighted by Crippen LogP contribution is 2.34. The highest BCUT2D eigenvalue weighted by molar-refractivity contribution is 6.33. The van der Waals surface area contributed by atoms with E-state index >= 15 is 0 Å². The normalized spacial score (nSPS) is 17.8. The number of nitrogens with one attached hydrogen (secondary N) is 1. The number of amides is 1. The fourth-order valence-corrected chi connectivity index (χ4v) is 6.27. The van der Waals surface area contributed by atoms with E-state index in [1.807, 2.05) is 18.2 Å². The first-order valence-corrected chi connectivity index (χ1v) is 13.7. The maximum atomic E-state index is 12.7. The van der Waals surface area contributed by atoms with Crippen LogP contribution in [0.3, 0.4) is 0 Å². The summed E-state index contributed by atoms with van der Waals surface area (Å²) in [4.78, 5) is 12.7. The van der Waals surface area contributed by atoms with Crippen LogP contribution in [0.4, 0.5) is 0 Å². The molecule has 2 aromatic carbocycles. The fraction of sp³-hybridized carbons (Fsp3) is 0.500. The highest BCUT2D eigenvalue weighted by Gasteiger charge is 2.19. The third-order valence-corrected chi connectivity index (χ3v) is 8.25. The summed E-state index contributed by atoms with van der Waals surface area (Å²) in [6, 6.07) is 15.1. The second-order valence-corrected chi connectivity index (χ2v) is 10.8. The van der Waals surface area contributed by atoms with E-state index in [4.69, 9.17) is 11.6 Å². The Bertz CT molecular complexity index is 1120. The molecule has 2 fully saturated rings. The standard InChI is InChI=1S/C30H37ClN2O/c31-28-14-8-7-13-26(28)23-15-17-29-27(19-23)24(21-33(29)20-22-9-3-1-4-10-22)16-18-30(34)32-25-11-5-2-6-12-25/h7-8,13-15,17,19,21-22,25H,1-6,9-12,16,18,20H2,(H,32,34). The molecule has 3 nitrogen and oxygen atoms in total. The molecule has 0 atom stereocenters. The van der Waals surface area contributed by atoms with E-state index in [0.29, 0.717) is 12.5 Å². The van der Waals surface area contributed by atoms with Gasteiger partial charge in [0, 0.05) is 46.7 Å². The topological polar surface area (TPSA) is 34.0 Å². The number of hydrogen-bond donors (Lipinski definition) is 1. The van der Waals surface area contributed by atoms with Crippen LogP contribution in [0.15, 0.2) is 48.7 Å². The molecule has 180 valence electrons. The average molecular weight is 477 g/mol. The maximum Gasteiger partial charge on any atom is 0.220 e. The molecule has 2 saturated carbocycles. The lowest BCUT2D eigenvalue weighted by molar-refractivity contribution is -0.121. The van der Waals surface area contributed by atoms with Gasteiger partial charge in [0.15, 0.2) is 0 Å². The van der Waals surface area contributed by atoms with E-state index in [1.165, 1.54) is 67.8 Å². The van der Waals surface area contributed by atoms with Crippen molar-refractivity contribution in [2.24, 2.45) is 5.92 Å². The van der Waals surface area contributed by atoms with E-state index in [9.17, 15) is 4.79 Å². The quantitative estimate of drug-likeness (QED) is 0.369. The van der Waals surface area contributed by atoms with Gasteiger partial charge < -0.3 is 9.88 Å². The van der Waals surface area contributed by atoms with Gasteiger partial charge in [-0.15, -0.1) is 0 Å².